The van der Waals surface area contributed by atoms with Crippen molar-refractivity contribution in [3.63, 3.8) is 0 Å². The van der Waals surface area contributed by atoms with Gasteiger partial charge in [0.05, 0.1) is 47.4 Å². The Morgan fingerprint density at radius 3 is 2.56 bits per heavy atom. The Morgan fingerprint density at radius 1 is 0.938 bits per heavy atom. The number of carbonyl (C=O) groups is 1. The van der Waals surface area contributed by atoms with Crippen LogP contribution in [0.3, 0.4) is 0 Å². The molecule has 0 amide bonds. The summed E-state index contributed by atoms with van der Waals surface area (Å²) in [4.78, 5) is 13.5. The number of ether oxygens (including phenoxy) is 2. The molecule has 0 N–H and O–H groups in total. The van der Waals surface area contributed by atoms with Gasteiger partial charge in [-0.05, 0) is 101 Å². The normalized spacial score (nSPS) is 14.5. The number of carbonyl (C=O) groups excluding carboxylic acids is 1. The second kappa shape index (κ2) is 13.1. The fourth-order valence-electron chi connectivity index (χ4n) is 7.06. The molecule has 8 bridgehead atoms. The van der Waals surface area contributed by atoms with Crippen LogP contribution in [0, 0.1) is 12.7 Å². The van der Waals surface area contributed by atoms with E-state index in [1.54, 1.807) is 12.1 Å². The van der Waals surface area contributed by atoms with E-state index in [2.05, 4.69) is 12.1 Å². The molecule has 248 valence electrons. The van der Waals surface area contributed by atoms with Gasteiger partial charge in [-0.2, -0.15) is 10.2 Å². The average Bonchev–Trinajstić information content (AvgIpc) is 3.66. The van der Waals surface area contributed by atoms with Crippen LogP contribution in [0.4, 0.5) is 4.39 Å². The van der Waals surface area contributed by atoms with Crippen molar-refractivity contribution in [1.82, 2.24) is 24.1 Å². The third-order valence-electron chi connectivity index (χ3n) is 9.46. The third kappa shape index (κ3) is 5.82. The summed E-state index contributed by atoms with van der Waals surface area (Å²) in [5.74, 6) is 0.446. The van der Waals surface area contributed by atoms with Gasteiger partial charge in [0.25, 0.3) is 0 Å². The van der Waals surface area contributed by atoms with E-state index in [9.17, 15) is 9.18 Å². The summed E-state index contributed by atoms with van der Waals surface area (Å²) in [6, 6.07) is 14.9. The summed E-state index contributed by atoms with van der Waals surface area (Å²) >= 11 is 7.03. The second-order valence-corrected chi connectivity index (χ2v) is 13.8. The molecular formula is C37H38ClFN5O3P. The first-order valence-corrected chi connectivity index (χ1v) is 18.0. The lowest BCUT2D eigenvalue weighted by Crippen LogP contribution is -2.06. The van der Waals surface area contributed by atoms with E-state index in [0.717, 1.165) is 85.3 Å². The van der Waals surface area contributed by atoms with Crippen molar-refractivity contribution >= 4 is 47.4 Å². The highest BCUT2D eigenvalue weighted by molar-refractivity contribution is 7.58. The Hall–Kier alpha value is -4.04. The maximum absolute atomic E-state index is 14.3. The molecule has 11 heteroatoms. The molecule has 3 aromatic heterocycles. The van der Waals surface area contributed by atoms with Crippen LogP contribution in [0.15, 0.2) is 48.5 Å². The average molecular weight is 686 g/mol. The molecule has 0 saturated heterocycles. The minimum absolute atomic E-state index is 0.100. The largest absolute Gasteiger partial charge is 0.493 e. The summed E-state index contributed by atoms with van der Waals surface area (Å²) in [5, 5.41) is 12.8. The van der Waals surface area contributed by atoms with Crippen molar-refractivity contribution in [2.75, 3.05) is 13.3 Å². The van der Waals surface area contributed by atoms with Gasteiger partial charge in [0.15, 0.2) is 5.52 Å². The van der Waals surface area contributed by atoms with Gasteiger partial charge in [-0.25, -0.2) is 4.39 Å². The highest BCUT2D eigenvalue weighted by Gasteiger charge is 2.27. The summed E-state index contributed by atoms with van der Waals surface area (Å²) in [6.07, 6.45) is 2.81. The number of aromatic nitrogens is 5. The number of hydrogen-bond acceptors (Lipinski definition) is 5. The van der Waals surface area contributed by atoms with Gasteiger partial charge in [-0.15, -0.1) is 0 Å². The van der Waals surface area contributed by atoms with Crippen LogP contribution >= 0.6 is 20.2 Å². The maximum Gasteiger partial charge on any atom is 0.197 e. The third-order valence-corrected chi connectivity index (χ3v) is 10.5. The molecule has 0 aliphatic carbocycles. The number of benzene rings is 3. The Labute approximate surface area is 285 Å². The van der Waals surface area contributed by atoms with Gasteiger partial charge in [0.2, 0.25) is 0 Å². The molecule has 1 atom stereocenters. The van der Waals surface area contributed by atoms with E-state index in [-0.39, 0.29) is 26.5 Å². The van der Waals surface area contributed by atoms with Crippen molar-refractivity contribution in [1.29, 1.82) is 0 Å². The number of aryl methyl sites for hydroxylation is 6. The lowest BCUT2D eigenvalue weighted by Gasteiger charge is -2.13. The fourth-order valence-corrected chi connectivity index (χ4v) is 7.86. The monoisotopic (exact) mass is 685 g/mol. The van der Waals surface area contributed by atoms with Crippen LogP contribution in [0.2, 0.25) is 5.02 Å². The topological polar surface area (TPSA) is 76.1 Å². The first kappa shape index (κ1) is 32.5. The number of nitrogens with zero attached hydrogens (tertiary/aromatic N) is 5. The second-order valence-electron chi connectivity index (χ2n) is 12.5. The number of hydrogen-bond donors (Lipinski definition) is 0. The molecule has 7 rings (SSSR count). The standard InChI is InChI=1S/C37H38ClFN5O3P/c1-21-33-31(41-43(21)3)20-46-19-25-18-26(44(4)40-25)10-8-22-15-23-17-24(39)9-11-27(23)32(16-22)47-14-6-7-28-29-12-13-30(38)34(33)35(29)42(2)36(28)37(45)48-5/h9,11-13,15-18,48H,6-8,10,14,19-20H2,1-5H3. The van der Waals surface area contributed by atoms with Crippen LogP contribution in [-0.4, -0.2) is 42.9 Å². The minimum atomic E-state index is -0.281. The molecule has 0 radical (unpaired) electrons. The number of rotatable bonds is 2. The van der Waals surface area contributed by atoms with Crippen molar-refractivity contribution in [2.45, 2.75) is 45.8 Å². The van der Waals surface area contributed by atoms with Gasteiger partial charge in [0, 0.05) is 54.4 Å². The molecule has 0 saturated carbocycles. The first-order chi connectivity index (χ1) is 23.1. The molecule has 6 aromatic rings. The Balaban J connectivity index is 1.37. The van der Waals surface area contributed by atoms with Crippen molar-refractivity contribution in [2.24, 2.45) is 21.1 Å². The molecule has 8 nitrogen and oxygen atoms in total. The fraction of sp³-hybridized carbons (Fsp3) is 0.324. The number of halogens is 2. The highest BCUT2D eigenvalue weighted by atomic mass is 35.5. The van der Waals surface area contributed by atoms with Gasteiger partial charge in [0.1, 0.15) is 11.6 Å². The van der Waals surface area contributed by atoms with E-state index >= 15 is 0 Å². The minimum Gasteiger partial charge on any atom is -0.493 e. The Bertz CT molecular complexity index is 2220. The van der Waals surface area contributed by atoms with Gasteiger partial charge in [-0.1, -0.05) is 23.7 Å². The molecule has 0 spiro atoms. The molecule has 1 aliphatic rings. The van der Waals surface area contributed by atoms with Crippen LogP contribution in [0.25, 0.3) is 32.8 Å². The van der Waals surface area contributed by atoms with E-state index < -0.39 is 0 Å². The summed E-state index contributed by atoms with van der Waals surface area (Å²) in [6.45, 7) is 4.97. The summed E-state index contributed by atoms with van der Waals surface area (Å²) in [7, 11) is 5.92. The molecule has 1 unspecified atom stereocenters. The maximum atomic E-state index is 14.3. The van der Waals surface area contributed by atoms with Gasteiger partial charge in [-0.3, -0.25) is 14.2 Å². The van der Waals surface area contributed by atoms with E-state index in [4.69, 9.17) is 31.3 Å². The van der Waals surface area contributed by atoms with Gasteiger partial charge >= 0.3 is 0 Å². The first-order valence-electron chi connectivity index (χ1n) is 16.1. The summed E-state index contributed by atoms with van der Waals surface area (Å²) < 4.78 is 32.8. The molecule has 4 heterocycles. The van der Waals surface area contributed by atoms with E-state index in [1.807, 2.05) is 66.9 Å². The predicted octanol–water partition coefficient (Wildman–Crippen LogP) is 7.84. The molecule has 0 fully saturated rings. The lowest BCUT2D eigenvalue weighted by molar-refractivity contribution is 0.101. The van der Waals surface area contributed by atoms with Crippen molar-refractivity contribution in [3.8, 4) is 16.9 Å². The SMILES string of the molecule is CPC(=O)c1c2c3ccc(Cl)c(c3n1C)-c1c(nn(C)c1C)COCc1cc(n(C)n1)CCc1cc(c3ccc(F)cc3c1)OCCC2. The zero-order valence-electron chi connectivity index (χ0n) is 27.8. The Kier molecular flexibility index (Phi) is 8.88. The molecule has 48 heavy (non-hydrogen) atoms. The zero-order chi connectivity index (χ0) is 33.7. The van der Waals surface area contributed by atoms with E-state index in [1.165, 1.54) is 6.07 Å². The van der Waals surface area contributed by atoms with E-state index in [0.29, 0.717) is 36.8 Å². The van der Waals surface area contributed by atoms with Crippen LogP contribution in [-0.2, 0) is 58.4 Å². The summed E-state index contributed by atoms with van der Waals surface area (Å²) in [5.41, 5.74) is 9.14. The molecular weight excluding hydrogens is 648 g/mol. The quantitative estimate of drug-likeness (QED) is 0.174. The molecule has 1 aliphatic heterocycles. The van der Waals surface area contributed by atoms with Crippen molar-refractivity contribution < 1.29 is 18.7 Å². The highest BCUT2D eigenvalue weighted by Crippen LogP contribution is 2.43. The number of fused-ring (bicyclic) bond motifs is 8. The van der Waals surface area contributed by atoms with Crippen LogP contribution in [0.5, 0.6) is 5.75 Å². The van der Waals surface area contributed by atoms with Crippen LogP contribution in [0.1, 0.15) is 50.8 Å². The van der Waals surface area contributed by atoms with Gasteiger partial charge < -0.3 is 14.0 Å². The lowest BCUT2D eigenvalue weighted by atomic mass is 9.98. The van der Waals surface area contributed by atoms with Crippen LogP contribution < -0.4 is 4.74 Å². The zero-order valence-corrected chi connectivity index (χ0v) is 29.5. The molecule has 3 aromatic carbocycles. The van der Waals surface area contributed by atoms with Crippen molar-refractivity contribution in [3.05, 3.63) is 99.0 Å². The predicted molar refractivity (Wildman–Crippen MR) is 190 cm³/mol. The Morgan fingerprint density at radius 2 is 1.75 bits per heavy atom. The smallest absolute Gasteiger partial charge is 0.197 e.